The molecule has 2 N–H and O–H groups in total. The Balaban J connectivity index is 2.38. The predicted octanol–water partition coefficient (Wildman–Crippen LogP) is 6.99. The molecule has 2 aromatic rings. The van der Waals surface area contributed by atoms with E-state index in [-0.39, 0.29) is 17.2 Å². The summed E-state index contributed by atoms with van der Waals surface area (Å²) in [6, 6.07) is 4.52. The van der Waals surface area contributed by atoms with Crippen LogP contribution in [0.15, 0.2) is 42.5 Å². The van der Waals surface area contributed by atoms with Crippen LogP contribution in [0.3, 0.4) is 0 Å². The number of rotatable bonds is 8. The SMILES string of the molecule is CCc1ccc(C(/C=C(\F)c2ccc(C(=O)NCC(=O)NCC(F)(F)F)c(C(F)(F)F)c2)C(F)(F)F)cc1Cl. The van der Waals surface area contributed by atoms with Gasteiger partial charge in [-0.05, 0) is 41.8 Å². The Bertz CT molecular complexity index is 1240. The number of hydrogen-bond acceptors (Lipinski definition) is 2. The topological polar surface area (TPSA) is 58.2 Å². The second-order valence-corrected chi connectivity index (χ2v) is 8.48. The van der Waals surface area contributed by atoms with Gasteiger partial charge in [0.1, 0.15) is 18.3 Å². The van der Waals surface area contributed by atoms with E-state index in [4.69, 9.17) is 11.6 Å². The lowest BCUT2D eigenvalue weighted by Crippen LogP contribution is -2.41. The van der Waals surface area contributed by atoms with Gasteiger partial charge in [-0.1, -0.05) is 36.7 Å². The highest BCUT2D eigenvalue weighted by atomic mass is 35.5. The smallest absolute Gasteiger partial charge is 0.345 e. The normalized spacial score (nSPS) is 13.7. The van der Waals surface area contributed by atoms with Gasteiger partial charge in [0.2, 0.25) is 5.91 Å². The highest BCUT2D eigenvalue weighted by Gasteiger charge is 2.41. The lowest BCUT2D eigenvalue weighted by molar-refractivity contribution is -0.140. The van der Waals surface area contributed by atoms with Crippen molar-refractivity contribution in [3.63, 3.8) is 0 Å². The standard InChI is InChI=1S/C24H19ClF10N2O2/c1-2-12-3-4-13(8-18(12)25)16(23(30,31)32)9-19(26)14-5-6-15(17(7-14)24(33,34)35)21(39)36-10-20(38)37-11-22(27,28)29/h3-9,16H,2,10-11H2,1H3,(H,36,39)(H,37,38)/b19-9-. The van der Waals surface area contributed by atoms with Crippen LogP contribution >= 0.6 is 11.6 Å². The van der Waals surface area contributed by atoms with Crippen molar-refractivity contribution in [1.29, 1.82) is 0 Å². The molecule has 0 fully saturated rings. The van der Waals surface area contributed by atoms with Gasteiger partial charge >= 0.3 is 18.5 Å². The zero-order valence-corrected chi connectivity index (χ0v) is 20.5. The third-order valence-electron chi connectivity index (χ3n) is 5.22. The zero-order valence-electron chi connectivity index (χ0n) is 19.7. The molecule has 0 heterocycles. The van der Waals surface area contributed by atoms with E-state index in [1.165, 1.54) is 11.4 Å². The van der Waals surface area contributed by atoms with Crippen LogP contribution in [0.5, 0.6) is 0 Å². The van der Waals surface area contributed by atoms with Crippen LogP contribution in [-0.4, -0.2) is 37.3 Å². The minimum Gasteiger partial charge on any atom is -0.345 e. The summed E-state index contributed by atoms with van der Waals surface area (Å²) in [5.41, 5.74) is -3.78. The molecule has 4 nitrogen and oxygen atoms in total. The average Bonchev–Trinajstić information content (AvgIpc) is 2.82. The van der Waals surface area contributed by atoms with Crippen molar-refractivity contribution in [2.75, 3.05) is 13.1 Å². The largest absolute Gasteiger partial charge is 0.417 e. The molecule has 0 saturated carbocycles. The third kappa shape index (κ3) is 9.15. The van der Waals surface area contributed by atoms with Crippen molar-refractivity contribution in [2.24, 2.45) is 0 Å². The van der Waals surface area contributed by atoms with Gasteiger partial charge in [0.15, 0.2) is 0 Å². The van der Waals surface area contributed by atoms with Crippen LogP contribution in [0.1, 0.15) is 45.5 Å². The van der Waals surface area contributed by atoms with Gasteiger partial charge in [-0.15, -0.1) is 0 Å². The Morgan fingerprint density at radius 2 is 1.59 bits per heavy atom. The van der Waals surface area contributed by atoms with E-state index in [9.17, 15) is 53.5 Å². The molecular formula is C24H19ClF10N2O2. The van der Waals surface area contributed by atoms with Crippen molar-refractivity contribution in [2.45, 2.75) is 37.8 Å². The molecule has 1 atom stereocenters. The number of alkyl halides is 9. The molecule has 0 radical (unpaired) electrons. The quantitative estimate of drug-likeness (QED) is 0.325. The number of allylic oxidation sites excluding steroid dienone is 1. The van der Waals surface area contributed by atoms with E-state index < -0.39 is 77.4 Å². The molecule has 0 saturated heterocycles. The number of hydrogen-bond donors (Lipinski definition) is 2. The molecule has 15 heteroatoms. The van der Waals surface area contributed by atoms with Crippen LogP contribution in [0.2, 0.25) is 5.02 Å². The summed E-state index contributed by atoms with van der Waals surface area (Å²) in [7, 11) is 0. The molecule has 0 aliphatic heterocycles. The van der Waals surface area contributed by atoms with E-state index >= 15 is 0 Å². The second-order valence-electron chi connectivity index (χ2n) is 8.07. The van der Waals surface area contributed by atoms with Crippen LogP contribution < -0.4 is 10.6 Å². The number of nitrogens with one attached hydrogen (secondary N) is 2. The van der Waals surface area contributed by atoms with E-state index in [0.29, 0.717) is 24.1 Å². The minimum atomic E-state index is -5.30. The number of benzene rings is 2. The van der Waals surface area contributed by atoms with Crippen LogP contribution in [0.25, 0.3) is 5.83 Å². The summed E-state index contributed by atoms with van der Waals surface area (Å²) >= 11 is 5.96. The fourth-order valence-corrected chi connectivity index (χ4v) is 3.63. The van der Waals surface area contributed by atoms with Crippen LogP contribution in [-0.2, 0) is 17.4 Å². The van der Waals surface area contributed by atoms with Crippen molar-refractivity contribution < 1.29 is 53.5 Å². The maximum Gasteiger partial charge on any atom is 0.417 e. The van der Waals surface area contributed by atoms with Crippen molar-refractivity contribution in [1.82, 2.24) is 10.6 Å². The first-order valence-electron chi connectivity index (χ1n) is 10.9. The van der Waals surface area contributed by atoms with Crippen molar-refractivity contribution in [3.8, 4) is 0 Å². The zero-order chi connectivity index (χ0) is 29.8. The maximum atomic E-state index is 14.9. The second kappa shape index (κ2) is 12.3. The minimum absolute atomic E-state index is 0.0140. The molecular weight excluding hydrogens is 574 g/mol. The third-order valence-corrected chi connectivity index (χ3v) is 5.58. The molecule has 0 aliphatic rings. The summed E-state index contributed by atoms with van der Waals surface area (Å²) in [6.07, 6.45) is -14.6. The van der Waals surface area contributed by atoms with Gasteiger partial charge in [0, 0.05) is 10.6 Å². The number of carbonyl (C=O) groups is 2. The van der Waals surface area contributed by atoms with Gasteiger partial charge in [0.25, 0.3) is 5.91 Å². The highest BCUT2D eigenvalue weighted by molar-refractivity contribution is 6.31. The predicted molar refractivity (Wildman–Crippen MR) is 122 cm³/mol. The summed E-state index contributed by atoms with van der Waals surface area (Å²) < 4.78 is 133. The number of halogens is 11. The van der Waals surface area contributed by atoms with E-state index in [1.54, 1.807) is 12.2 Å². The van der Waals surface area contributed by atoms with Gasteiger partial charge < -0.3 is 10.6 Å². The summed E-state index contributed by atoms with van der Waals surface area (Å²) in [5, 5.41) is 3.08. The summed E-state index contributed by atoms with van der Waals surface area (Å²) in [6.45, 7) is -1.16. The first-order chi connectivity index (χ1) is 17.8. The van der Waals surface area contributed by atoms with Gasteiger partial charge in [-0.25, -0.2) is 4.39 Å². The lowest BCUT2D eigenvalue weighted by atomic mass is 9.94. The fourth-order valence-electron chi connectivity index (χ4n) is 3.31. The number of aryl methyl sites for hydroxylation is 1. The van der Waals surface area contributed by atoms with Crippen molar-refractivity contribution >= 4 is 29.2 Å². The Morgan fingerprint density at radius 3 is 2.10 bits per heavy atom. The van der Waals surface area contributed by atoms with Crippen molar-refractivity contribution in [3.05, 3.63) is 75.3 Å². The van der Waals surface area contributed by atoms with E-state index in [2.05, 4.69) is 0 Å². The Hall–Kier alpha value is -3.29. The first-order valence-corrected chi connectivity index (χ1v) is 11.3. The fraction of sp³-hybridized carbons (Fsp3) is 0.333. The number of amides is 2. The molecule has 0 spiro atoms. The first kappa shape index (κ1) is 31.9. The summed E-state index contributed by atoms with van der Waals surface area (Å²) in [4.78, 5) is 23.6. The Labute approximate surface area is 220 Å². The molecule has 39 heavy (non-hydrogen) atoms. The Kier molecular flexibility index (Phi) is 10.0. The molecule has 2 rings (SSSR count). The van der Waals surface area contributed by atoms with Gasteiger partial charge in [-0.3, -0.25) is 9.59 Å². The molecule has 214 valence electrons. The maximum absolute atomic E-state index is 14.9. The van der Waals surface area contributed by atoms with E-state index in [1.807, 2.05) is 0 Å². The Morgan fingerprint density at radius 1 is 0.949 bits per heavy atom. The molecule has 1 unspecified atom stereocenters. The van der Waals surface area contributed by atoms with Gasteiger partial charge in [-0.2, -0.15) is 39.5 Å². The molecule has 0 aromatic heterocycles. The molecule has 2 aromatic carbocycles. The highest BCUT2D eigenvalue weighted by Crippen LogP contribution is 2.40. The molecule has 2 amide bonds. The number of carbonyl (C=O) groups excluding carboxylic acids is 2. The monoisotopic (exact) mass is 592 g/mol. The molecule has 0 bridgehead atoms. The van der Waals surface area contributed by atoms with E-state index in [0.717, 1.165) is 12.1 Å². The average molecular weight is 593 g/mol. The van der Waals surface area contributed by atoms with Crippen LogP contribution in [0, 0.1) is 0 Å². The lowest BCUT2D eigenvalue weighted by Gasteiger charge is -2.19. The van der Waals surface area contributed by atoms with Gasteiger partial charge in [0.05, 0.1) is 17.7 Å². The van der Waals surface area contributed by atoms with Crippen LogP contribution in [0.4, 0.5) is 43.9 Å². The summed E-state index contributed by atoms with van der Waals surface area (Å²) in [5.74, 6) is -7.16. The molecule has 0 aliphatic carbocycles.